The van der Waals surface area contributed by atoms with Gasteiger partial charge in [-0.1, -0.05) is 55.5 Å². The van der Waals surface area contributed by atoms with E-state index < -0.39 is 0 Å². The molecule has 1 saturated heterocycles. The van der Waals surface area contributed by atoms with Crippen molar-refractivity contribution in [1.82, 2.24) is 10.2 Å². The lowest BCUT2D eigenvalue weighted by Gasteiger charge is -2.34. The number of benzene rings is 2. The summed E-state index contributed by atoms with van der Waals surface area (Å²) in [5, 5.41) is 3.97. The van der Waals surface area contributed by atoms with Crippen LogP contribution in [0.5, 0.6) is 0 Å². The zero-order valence-corrected chi connectivity index (χ0v) is 14.0. The number of hydrogen-bond acceptors (Lipinski definition) is 2. The molecule has 2 heteroatoms. The number of piperidine rings is 1. The molecule has 2 aromatic rings. The average Bonchev–Trinajstić information content (AvgIpc) is 2.92. The molecular weight excluding hydrogens is 280 g/mol. The zero-order valence-electron chi connectivity index (χ0n) is 14.0. The molecule has 0 bridgehead atoms. The molecule has 1 N–H and O–H groups in total. The third-order valence-electron chi connectivity index (χ3n) is 5.36. The Hall–Kier alpha value is -1.64. The van der Waals surface area contributed by atoms with Crippen molar-refractivity contribution in [3.05, 3.63) is 59.7 Å². The normalized spacial score (nSPS) is 18.8. The van der Waals surface area contributed by atoms with Gasteiger partial charge in [-0.2, -0.15) is 0 Å². The minimum absolute atomic E-state index is 0.366. The molecule has 23 heavy (non-hydrogen) atoms. The number of hydrogen-bond donors (Lipinski definition) is 1. The first-order valence-corrected chi connectivity index (χ1v) is 9.03. The maximum Gasteiger partial charge on any atom is 0.0591 e. The van der Waals surface area contributed by atoms with Crippen LogP contribution in [0.2, 0.25) is 0 Å². The van der Waals surface area contributed by atoms with Crippen LogP contribution in [0.25, 0.3) is 11.1 Å². The van der Waals surface area contributed by atoms with Crippen molar-refractivity contribution in [2.75, 3.05) is 19.6 Å². The Morgan fingerprint density at radius 2 is 1.48 bits per heavy atom. The summed E-state index contributed by atoms with van der Waals surface area (Å²) in [5.41, 5.74) is 5.71. The summed E-state index contributed by atoms with van der Waals surface area (Å²) in [5.74, 6) is 0. The van der Waals surface area contributed by atoms with Gasteiger partial charge in [-0.05, 0) is 61.2 Å². The highest BCUT2D eigenvalue weighted by Gasteiger charge is 2.30. The molecule has 0 amide bonds. The van der Waals surface area contributed by atoms with E-state index >= 15 is 0 Å². The highest BCUT2D eigenvalue weighted by molar-refractivity contribution is 5.78. The van der Waals surface area contributed by atoms with Crippen LogP contribution < -0.4 is 5.32 Å². The number of fused-ring (bicyclic) bond motifs is 3. The first-order valence-electron chi connectivity index (χ1n) is 9.03. The zero-order chi connectivity index (χ0) is 15.6. The number of nitrogens with one attached hydrogen (secondary N) is 1. The highest BCUT2D eigenvalue weighted by Crippen LogP contribution is 2.43. The molecule has 1 fully saturated rings. The summed E-state index contributed by atoms with van der Waals surface area (Å²) in [4.78, 5) is 2.61. The van der Waals surface area contributed by atoms with Gasteiger partial charge in [0.2, 0.25) is 0 Å². The van der Waals surface area contributed by atoms with E-state index in [9.17, 15) is 0 Å². The minimum Gasteiger partial charge on any atom is -0.303 e. The third kappa shape index (κ3) is 2.82. The molecule has 0 aromatic heterocycles. The van der Waals surface area contributed by atoms with Crippen LogP contribution >= 0.6 is 0 Å². The van der Waals surface area contributed by atoms with E-state index in [1.165, 1.54) is 61.2 Å². The minimum atomic E-state index is 0.366. The van der Waals surface area contributed by atoms with Gasteiger partial charge < -0.3 is 10.2 Å². The Morgan fingerprint density at radius 1 is 0.913 bits per heavy atom. The maximum absolute atomic E-state index is 3.97. The lowest BCUT2D eigenvalue weighted by atomic mass is 9.99. The van der Waals surface area contributed by atoms with Gasteiger partial charge >= 0.3 is 0 Å². The van der Waals surface area contributed by atoms with Crippen molar-refractivity contribution < 1.29 is 0 Å². The van der Waals surface area contributed by atoms with E-state index in [1.807, 2.05) is 0 Å². The number of nitrogens with zero attached hydrogens (tertiary/aromatic N) is 1. The molecule has 0 saturated carbocycles. The molecule has 2 aromatic carbocycles. The second kappa shape index (κ2) is 6.46. The first kappa shape index (κ1) is 14.9. The topological polar surface area (TPSA) is 15.3 Å². The molecule has 1 aliphatic carbocycles. The molecular formula is C21H26N2. The van der Waals surface area contributed by atoms with Crippen molar-refractivity contribution in [1.29, 1.82) is 0 Å². The van der Waals surface area contributed by atoms with E-state index in [-0.39, 0.29) is 0 Å². The van der Waals surface area contributed by atoms with Crippen LogP contribution in [0, 0.1) is 0 Å². The van der Waals surface area contributed by atoms with Crippen LogP contribution in [0.1, 0.15) is 43.4 Å². The summed E-state index contributed by atoms with van der Waals surface area (Å²) in [6.07, 6.45) is 3.79. The smallest absolute Gasteiger partial charge is 0.0591 e. The van der Waals surface area contributed by atoms with Gasteiger partial charge in [0.25, 0.3) is 0 Å². The second-order valence-corrected chi connectivity index (χ2v) is 6.89. The Kier molecular flexibility index (Phi) is 4.19. The van der Waals surface area contributed by atoms with Gasteiger partial charge in [-0.15, -0.1) is 0 Å². The molecule has 120 valence electrons. The van der Waals surface area contributed by atoms with E-state index in [0.29, 0.717) is 12.1 Å². The Balaban J connectivity index is 1.53. The average molecular weight is 306 g/mol. The molecule has 0 spiro atoms. The summed E-state index contributed by atoms with van der Waals surface area (Å²) in [6.45, 7) is 6.00. The van der Waals surface area contributed by atoms with Crippen LogP contribution in [-0.2, 0) is 0 Å². The van der Waals surface area contributed by atoms with Gasteiger partial charge in [-0.25, -0.2) is 0 Å². The number of rotatable bonds is 4. The SMILES string of the molecule is CCCN1CCC(NC2c3ccccc3-c3ccccc32)CC1. The van der Waals surface area contributed by atoms with Crippen LogP contribution in [0.4, 0.5) is 0 Å². The lowest BCUT2D eigenvalue weighted by Crippen LogP contribution is -2.43. The van der Waals surface area contributed by atoms with Gasteiger partial charge in [0.15, 0.2) is 0 Å². The summed E-state index contributed by atoms with van der Waals surface area (Å²) in [7, 11) is 0. The quantitative estimate of drug-likeness (QED) is 0.910. The Morgan fingerprint density at radius 3 is 2.04 bits per heavy atom. The molecule has 1 heterocycles. The molecule has 0 unspecified atom stereocenters. The van der Waals surface area contributed by atoms with Gasteiger partial charge in [0.05, 0.1) is 6.04 Å². The summed E-state index contributed by atoms with van der Waals surface area (Å²) < 4.78 is 0. The van der Waals surface area contributed by atoms with E-state index in [2.05, 4.69) is 65.7 Å². The molecule has 4 rings (SSSR count). The molecule has 0 radical (unpaired) electrons. The standard InChI is InChI=1S/C21H26N2/c1-2-13-23-14-11-16(12-15-23)22-21-19-9-5-3-7-17(19)18-8-4-6-10-20(18)21/h3-10,16,21-22H,2,11-15H2,1H3. The summed E-state index contributed by atoms with van der Waals surface area (Å²) >= 11 is 0. The fourth-order valence-electron chi connectivity index (χ4n) is 4.21. The fourth-order valence-corrected chi connectivity index (χ4v) is 4.21. The van der Waals surface area contributed by atoms with Crippen LogP contribution in [0.3, 0.4) is 0 Å². The van der Waals surface area contributed by atoms with Crippen molar-refractivity contribution in [3.8, 4) is 11.1 Å². The third-order valence-corrected chi connectivity index (χ3v) is 5.36. The predicted octanol–water partition coefficient (Wildman–Crippen LogP) is 4.22. The molecule has 0 atom stereocenters. The summed E-state index contributed by atoms with van der Waals surface area (Å²) in [6, 6.07) is 18.8. The fraction of sp³-hybridized carbons (Fsp3) is 0.429. The predicted molar refractivity (Wildman–Crippen MR) is 96.6 cm³/mol. The largest absolute Gasteiger partial charge is 0.303 e. The van der Waals surface area contributed by atoms with Gasteiger partial charge in [0.1, 0.15) is 0 Å². The van der Waals surface area contributed by atoms with Crippen LogP contribution in [0.15, 0.2) is 48.5 Å². The van der Waals surface area contributed by atoms with E-state index in [1.54, 1.807) is 0 Å². The number of likely N-dealkylation sites (tertiary alicyclic amines) is 1. The Bertz CT molecular complexity index is 626. The maximum atomic E-state index is 3.97. The van der Waals surface area contributed by atoms with Crippen molar-refractivity contribution in [2.45, 2.75) is 38.3 Å². The van der Waals surface area contributed by atoms with Crippen molar-refractivity contribution in [2.24, 2.45) is 0 Å². The van der Waals surface area contributed by atoms with Gasteiger partial charge in [0, 0.05) is 6.04 Å². The second-order valence-electron chi connectivity index (χ2n) is 6.89. The van der Waals surface area contributed by atoms with Crippen molar-refractivity contribution >= 4 is 0 Å². The molecule has 2 aliphatic rings. The van der Waals surface area contributed by atoms with Crippen LogP contribution in [-0.4, -0.2) is 30.6 Å². The molecule has 2 nitrogen and oxygen atoms in total. The van der Waals surface area contributed by atoms with E-state index in [4.69, 9.17) is 0 Å². The highest BCUT2D eigenvalue weighted by atomic mass is 15.1. The monoisotopic (exact) mass is 306 g/mol. The van der Waals surface area contributed by atoms with Crippen molar-refractivity contribution in [3.63, 3.8) is 0 Å². The first-order chi connectivity index (χ1) is 11.4. The lowest BCUT2D eigenvalue weighted by molar-refractivity contribution is 0.194. The van der Waals surface area contributed by atoms with E-state index in [0.717, 1.165) is 0 Å². The Labute approximate surface area is 139 Å². The molecule has 1 aliphatic heterocycles. The van der Waals surface area contributed by atoms with Gasteiger partial charge in [-0.3, -0.25) is 0 Å².